The van der Waals surface area contributed by atoms with Gasteiger partial charge in [0.05, 0.1) is 18.3 Å². The molecule has 156 valence electrons. The van der Waals surface area contributed by atoms with Crippen molar-refractivity contribution in [2.24, 2.45) is 34.5 Å². The van der Waals surface area contributed by atoms with Crippen LogP contribution in [0.15, 0.2) is 0 Å². The average molecular weight is 390 g/mol. The van der Waals surface area contributed by atoms with Crippen molar-refractivity contribution in [1.29, 1.82) is 0 Å². The van der Waals surface area contributed by atoms with E-state index in [0.29, 0.717) is 36.6 Å². The van der Waals surface area contributed by atoms with E-state index in [1.165, 1.54) is 0 Å². The van der Waals surface area contributed by atoms with Crippen LogP contribution in [-0.2, 0) is 14.1 Å². The van der Waals surface area contributed by atoms with Gasteiger partial charge in [-0.05, 0) is 74.9 Å². The van der Waals surface area contributed by atoms with Gasteiger partial charge < -0.3 is 19.5 Å². The Kier molecular flexibility index (Phi) is 4.39. The molecule has 0 aromatic rings. The summed E-state index contributed by atoms with van der Waals surface area (Å²) < 4.78 is 11.9. The van der Waals surface area contributed by atoms with Crippen molar-refractivity contribution >= 4 is 12.9 Å². The van der Waals surface area contributed by atoms with Crippen molar-refractivity contribution in [3.05, 3.63) is 0 Å². The molecule has 5 rings (SSSR count). The Hall–Kier alpha value is -0.425. The van der Waals surface area contributed by atoms with E-state index in [0.717, 1.165) is 44.9 Å². The summed E-state index contributed by atoms with van der Waals surface area (Å²) in [5, 5.41) is 21.1. The number of carbonyl (C=O) groups is 1. The third-order valence-electron chi connectivity index (χ3n) is 9.91. The molecule has 28 heavy (non-hydrogen) atoms. The fraction of sp³-hybridized carbons (Fsp3) is 0.955. The zero-order valence-corrected chi connectivity index (χ0v) is 17.5. The summed E-state index contributed by atoms with van der Waals surface area (Å²) in [4.78, 5) is 13.7. The molecule has 1 heterocycles. The fourth-order valence-electron chi connectivity index (χ4n) is 8.58. The van der Waals surface area contributed by atoms with Crippen molar-refractivity contribution in [2.75, 3.05) is 6.61 Å². The van der Waals surface area contributed by atoms with Gasteiger partial charge in [0, 0.05) is 17.8 Å². The van der Waals surface area contributed by atoms with Crippen LogP contribution < -0.4 is 0 Å². The second-order valence-corrected chi connectivity index (χ2v) is 11.0. The van der Waals surface area contributed by atoms with Gasteiger partial charge in [-0.2, -0.15) is 0 Å². The summed E-state index contributed by atoms with van der Waals surface area (Å²) >= 11 is 0. The smallest absolute Gasteiger partial charge is 0.408 e. The molecule has 0 amide bonds. The molecular formula is C22H35BO5. The zero-order chi connectivity index (χ0) is 19.9. The van der Waals surface area contributed by atoms with Gasteiger partial charge in [0.1, 0.15) is 11.9 Å². The summed E-state index contributed by atoms with van der Waals surface area (Å²) in [6, 6.07) is 0. The van der Waals surface area contributed by atoms with Gasteiger partial charge >= 0.3 is 7.12 Å². The highest BCUT2D eigenvalue weighted by molar-refractivity contribution is 6.42. The van der Waals surface area contributed by atoms with Crippen molar-refractivity contribution in [1.82, 2.24) is 0 Å². The normalized spacial score (nSPS) is 56.3. The third-order valence-corrected chi connectivity index (χ3v) is 9.91. The van der Waals surface area contributed by atoms with E-state index in [1.807, 2.05) is 6.82 Å². The van der Waals surface area contributed by atoms with Crippen LogP contribution in [0.2, 0.25) is 6.82 Å². The Morgan fingerprint density at radius 2 is 1.89 bits per heavy atom. The number of ketones is 1. The first-order chi connectivity index (χ1) is 13.2. The van der Waals surface area contributed by atoms with Crippen LogP contribution in [0.5, 0.6) is 0 Å². The van der Waals surface area contributed by atoms with Gasteiger partial charge in [0.15, 0.2) is 0 Å². The van der Waals surface area contributed by atoms with E-state index in [-0.39, 0.29) is 30.0 Å². The number of hydrogen-bond acceptors (Lipinski definition) is 5. The van der Waals surface area contributed by atoms with Gasteiger partial charge in [0.2, 0.25) is 0 Å². The van der Waals surface area contributed by atoms with E-state index in [1.54, 1.807) is 0 Å². The first-order valence-electron chi connectivity index (χ1n) is 11.4. The second kappa shape index (κ2) is 6.29. The number of aliphatic hydroxyl groups is 2. The minimum atomic E-state index is -0.667. The maximum Gasteiger partial charge on any atom is 0.454 e. The Balaban J connectivity index is 1.51. The van der Waals surface area contributed by atoms with Gasteiger partial charge in [-0.1, -0.05) is 13.8 Å². The molecule has 0 aromatic heterocycles. The summed E-state index contributed by atoms with van der Waals surface area (Å²) in [6.07, 6.45) is 6.32. The lowest BCUT2D eigenvalue weighted by atomic mass is 9.43. The van der Waals surface area contributed by atoms with Crippen molar-refractivity contribution in [2.45, 2.75) is 89.8 Å². The lowest BCUT2D eigenvalue weighted by molar-refractivity contribution is -0.204. The fourth-order valence-corrected chi connectivity index (χ4v) is 8.58. The molecule has 0 bridgehead atoms. The predicted molar refractivity (Wildman–Crippen MR) is 106 cm³/mol. The summed E-state index contributed by atoms with van der Waals surface area (Å²) in [7, 11) is -0.333. The lowest BCUT2D eigenvalue weighted by Gasteiger charge is -2.62. The maximum absolute atomic E-state index is 13.7. The standard InChI is InChI=1S/C22H35BO5/c1-20-8-6-14(24)10-13(20)4-5-15-16-7-9-22(18(26)12-27-23(3)28-22)21(16,2)11-17(25)19(15)20/h13-16,18-19,24,26H,4-12H2,1-3H3/t13-,14-,15+,16+,18+,19-,20+,21+,22+/m1/s1. The molecule has 0 radical (unpaired) electrons. The molecule has 0 aromatic carbocycles. The maximum atomic E-state index is 13.7. The Morgan fingerprint density at radius 3 is 2.68 bits per heavy atom. The molecule has 6 heteroatoms. The van der Waals surface area contributed by atoms with Crippen LogP contribution in [0.1, 0.15) is 65.2 Å². The Labute approximate surface area is 168 Å². The molecule has 1 saturated heterocycles. The Morgan fingerprint density at radius 1 is 1.11 bits per heavy atom. The quantitative estimate of drug-likeness (QED) is 0.622. The highest BCUT2D eigenvalue weighted by Gasteiger charge is 2.70. The highest BCUT2D eigenvalue weighted by atomic mass is 16.6. The van der Waals surface area contributed by atoms with Crippen molar-refractivity contribution < 1.29 is 24.3 Å². The number of hydrogen-bond donors (Lipinski definition) is 2. The summed E-state index contributed by atoms with van der Waals surface area (Å²) in [5.74, 6) is 1.76. The lowest BCUT2D eigenvalue weighted by Crippen LogP contribution is -2.66. The highest BCUT2D eigenvalue weighted by Crippen LogP contribution is 2.68. The van der Waals surface area contributed by atoms with Crippen molar-refractivity contribution in [3.8, 4) is 0 Å². The Bertz CT molecular complexity index is 671. The number of carbonyl (C=O) groups excluding carboxylic acids is 1. The minimum Gasteiger partial charge on any atom is -0.408 e. The molecule has 5 fully saturated rings. The average Bonchev–Trinajstić information content (AvgIpc) is 2.91. The number of Topliss-reactive ketones (excluding diaryl/α,β-unsaturated/α-hetero) is 1. The van der Waals surface area contributed by atoms with Crippen LogP contribution in [-0.4, -0.2) is 47.5 Å². The van der Waals surface area contributed by atoms with E-state index < -0.39 is 11.7 Å². The van der Waals surface area contributed by atoms with Gasteiger partial charge in [-0.25, -0.2) is 0 Å². The number of aliphatic hydroxyl groups excluding tert-OH is 2. The van der Waals surface area contributed by atoms with Crippen molar-refractivity contribution in [3.63, 3.8) is 0 Å². The topological polar surface area (TPSA) is 76.0 Å². The third kappa shape index (κ3) is 2.38. The minimum absolute atomic E-state index is 0.0265. The molecule has 2 N–H and O–H groups in total. The van der Waals surface area contributed by atoms with E-state index >= 15 is 0 Å². The van der Waals surface area contributed by atoms with Gasteiger partial charge in [-0.15, -0.1) is 0 Å². The molecule has 4 saturated carbocycles. The van der Waals surface area contributed by atoms with Crippen LogP contribution in [0.25, 0.3) is 0 Å². The molecule has 5 nitrogen and oxygen atoms in total. The van der Waals surface area contributed by atoms with E-state index in [9.17, 15) is 15.0 Å². The first-order valence-corrected chi connectivity index (χ1v) is 11.4. The zero-order valence-electron chi connectivity index (χ0n) is 17.5. The largest absolute Gasteiger partial charge is 0.454 e. The van der Waals surface area contributed by atoms with Crippen LogP contribution in [0.4, 0.5) is 0 Å². The van der Waals surface area contributed by atoms with Crippen LogP contribution in [0, 0.1) is 34.5 Å². The monoisotopic (exact) mass is 390 g/mol. The van der Waals surface area contributed by atoms with Crippen LogP contribution in [0.3, 0.4) is 0 Å². The summed E-state index contributed by atoms with van der Waals surface area (Å²) in [5.41, 5.74) is -0.949. The number of fused-ring (bicyclic) bond motifs is 6. The second-order valence-electron chi connectivity index (χ2n) is 11.0. The van der Waals surface area contributed by atoms with Crippen LogP contribution >= 0.6 is 0 Å². The molecular weight excluding hydrogens is 355 g/mol. The molecule has 5 aliphatic rings. The molecule has 0 unspecified atom stereocenters. The molecule has 4 aliphatic carbocycles. The number of rotatable bonds is 0. The summed E-state index contributed by atoms with van der Waals surface area (Å²) in [6.45, 7) is 6.73. The van der Waals surface area contributed by atoms with E-state index in [2.05, 4.69) is 13.8 Å². The van der Waals surface area contributed by atoms with E-state index in [4.69, 9.17) is 9.31 Å². The SMILES string of the molecule is CB1OC[C@H](O)[C@]2(CC[C@H]3[C@@H]4CC[C@@H]5C[C@H](O)CC[C@]5(C)[C@H]4C(=O)C[C@@]32C)O1. The predicted octanol–water partition coefficient (Wildman–Crippen LogP) is 2.83. The molecule has 1 aliphatic heterocycles. The molecule has 9 atom stereocenters. The van der Waals surface area contributed by atoms with Gasteiger partial charge in [-0.3, -0.25) is 4.79 Å². The molecule has 1 spiro atoms. The first kappa shape index (κ1) is 19.5. The van der Waals surface area contributed by atoms with Gasteiger partial charge in [0.25, 0.3) is 0 Å².